The molecule has 0 bridgehead atoms. The molecule has 27 heavy (non-hydrogen) atoms. The first-order chi connectivity index (χ1) is 13.1. The Morgan fingerprint density at radius 2 is 1.85 bits per heavy atom. The number of esters is 1. The number of nitrogens with one attached hydrogen (secondary N) is 1. The number of ether oxygens (including phenoxy) is 1. The van der Waals surface area contributed by atoms with Gasteiger partial charge in [-0.3, -0.25) is 4.90 Å². The second-order valence-corrected chi connectivity index (χ2v) is 6.45. The maximum Gasteiger partial charge on any atom is 0.338 e. The van der Waals surface area contributed by atoms with Crippen molar-refractivity contribution in [2.75, 3.05) is 38.1 Å². The molecule has 1 aromatic heterocycles. The monoisotopic (exact) mass is 371 g/mol. The van der Waals surface area contributed by atoms with Crippen LogP contribution < -0.4 is 5.32 Å². The Labute approximate surface area is 158 Å². The topological polar surface area (TPSA) is 79.7 Å². The number of imidazole rings is 1. The lowest BCUT2D eigenvalue weighted by Gasteiger charge is -2.34. The molecular weight excluding hydrogens is 346 g/mol. The van der Waals surface area contributed by atoms with E-state index in [2.05, 4.69) is 15.2 Å². The highest BCUT2D eigenvalue weighted by atomic mass is 16.5. The summed E-state index contributed by atoms with van der Waals surface area (Å²) in [6.07, 6.45) is 3.73. The Morgan fingerprint density at radius 3 is 2.44 bits per heavy atom. The molecule has 1 aliphatic heterocycles. The number of benzene rings is 1. The first-order valence-corrected chi connectivity index (χ1v) is 9.08. The number of amides is 2. The predicted octanol–water partition coefficient (Wildman–Crippen LogP) is 1.95. The summed E-state index contributed by atoms with van der Waals surface area (Å²) in [5.74, 6) is 0.661. The van der Waals surface area contributed by atoms with Gasteiger partial charge in [0.05, 0.1) is 18.7 Å². The van der Waals surface area contributed by atoms with E-state index in [9.17, 15) is 9.59 Å². The fourth-order valence-corrected chi connectivity index (χ4v) is 2.96. The SMILES string of the molecule is CCOC(=O)c1ccc(NC(=O)N2CCN(Cc3nccn3C)CC2)cc1. The third-order valence-corrected chi connectivity index (χ3v) is 4.59. The van der Waals surface area contributed by atoms with Gasteiger partial charge in [0.1, 0.15) is 5.82 Å². The summed E-state index contributed by atoms with van der Waals surface area (Å²) >= 11 is 0. The molecule has 0 spiro atoms. The van der Waals surface area contributed by atoms with Gasteiger partial charge in [-0.1, -0.05) is 0 Å². The van der Waals surface area contributed by atoms with E-state index < -0.39 is 0 Å². The van der Waals surface area contributed by atoms with Gasteiger partial charge in [0.25, 0.3) is 0 Å². The molecule has 1 aliphatic rings. The Balaban J connectivity index is 1.48. The number of carbonyl (C=O) groups excluding carboxylic acids is 2. The maximum absolute atomic E-state index is 12.5. The average molecular weight is 371 g/mol. The number of hydrogen-bond donors (Lipinski definition) is 1. The summed E-state index contributed by atoms with van der Waals surface area (Å²) in [7, 11) is 1.99. The Bertz CT molecular complexity index is 779. The molecule has 2 amide bonds. The van der Waals surface area contributed by atoms with Crippen LogP contribution >= 0.6 is 0 Å². The zero-order valence-corrected chi connectivity index (χ0v) is 15.7. The average Bonchev–Trinajstić information content (AvgIpc) is 3.07. The highest BCUT2D eigenvalue weighted by molar-refractivity contribution is 5.92. The van der Waals surface area contributed by atoms with Crippen LogP contribution in [0.3, 0.4) is 0 Å². The van der Waals surface area contributed by atoms with Gasteiger partial charge in [-0.15, -0.1) is 0 Å². The second-order valence-electron chi connectivity index (χ2n) is 6.45. The Kier molecular flexibility index (Phi) is 6.08. The van der Waals surface area contributed by atoms with Crippen molar-refractivity contribution >= 4 is 17.7 Å². The van der Waals surface area contributed by atoms with E-state index in [4.69, 9.17) is 4.74 Å². The lowest BCUT2D eigenvalue weighted by Crippen LogP contribution is -2.49. The minimum Gasteiger partial charge on any atom is -0.462 e. The van der Waals surface area contributed by atoms with Crippen LogP contribution in [-0.4, -0.2) is 64.1 Å². The van der Waals surface area contributed by atoms with Crippen LogP contribution in [0.1, 0.15) is 23.1 Å². The quantitative estimate of drug-likeness (QED) is 0.813. The minimum absolute atomic E-state index is 0.129. The second kappa shape index (κ2) is 8.68. The number of aryl methyl sites for hydroxylation is 1. The normalized spacial score (nSPS) is 14.8. The first-order valence-electron chi connectivity index (χ1n) is 9.08. The molecule has 0 radical (unpaired) electrons. The van der Waals surface area contributed by atoms with Crippen molar-refractivity contribution in [1.29, 1.82) is 0 Å². The standard InChI is InChI=1S/C19H25N5O3/c1-3-27-18(25)15-4-6-16(7-5-15)21-19(26)24-12-10-23(11-13-24)14-17-20-8-9-22(17)2/h4-9H,3,10-14H2,1-2H3,(H,21,26). The van der Waals surface area contributed by atoms with Gasteiger partial charge in [0, 0.05) is 51.3 Å². The van der Waals surface area contributed by atoms with Crippen LogP contribution in [-0.2, 0) is 18.3 Å². The molecule has 1 aromatic carbocycles. The van der Waals surface area contributed by atoms with Crippen molar-refractivity contribution in [3.63, 3.8) is 0 Å². The van der Waals surface area contributed by atoms with Crippen LogP contribution in [0.5, 0.6) is 0 Å². The summed E-state index contributed by atoms with van der Waals surface area (Å²) in [6, 6.07) is 6.59. The highest BCUT2D eigenvalue weighted by Crippen LogP contribution is 2.13. The molecule has 0 aliphatic carbocycles. The number of urea groups is 1. The molecule has 1 saturated heterocycles. The van der Waals surface area contributed by atoms with Crippen LogP contribution in [0.2, 0.25) is 0 Å². The molecule has 3 rings (SSSR count). The molecule has 1 fully saturated rings. The van der Waals surface area contributed by atoms with Crippen molar-refractivity contribution < 1.29 is 14.3 Å². The van der Waals surface area contributed by atoms with Crippen LogP contribution in [0.25, 0.3) is 0 Å². The molecule has 8 nitrogen and oxygen atoms in total. The number of hydrogen-bond acceptors (Lipinski definition) is 5. The zero-order chi connectivity index (χ0) is 19.2. The largest absolute Gasteiger partial charge is 0.462 e. The van der Waals surface area contributed by atoms with Crippen LogP contribution in [0, 0.1) is 0 Å². The molecule has 0 saturated carbocycles. The molecule has 144 valence electrons. The molecule has 0 atom stereocenters. The van der Waals surface area contributed by atoms with Gasteiger partial charge in [0.15, 0.2) is 0 Å². The smallest absolute Gasteiger partial charge is 0.338 e. The number of rotatable bonds is 5. The van der Waals surface area contributed by atoms with Gasteiger partial charge >= 0.3 is 12.0 Å². The van der Waals surface area contributed by atoms with E-state index in [1.165, 1.54) is 0 Å². The summed E-state index contributed by atoms with van der Waals surface area (Å²) in [6.45, 7) is 5.83. The number of nitrogens with zero attached hydrogens (tertiary/aromatic N) is 4. The lowest BCUT2D eigenvalue weighted by molar-refractivity contribution is 0.0526. The number of piperazine rings is 1. The zero-order valence-electron chi connectivity index (χ0n) is 15.7. The third-order valence-electron chi connectivity index (χ3n) is 4.59. The third kappa shape index (κ3) is 4.85. The van der Waals surface area contributed by atoms with E-state index in [1.807, 2.05) is 17.8 Å². The summed E-state index contributed by atoms with van der Waals surface area (Å²) in [5.41, 5.74) is 1.13. The van der Waals surface area contributed by atoms with E-state index in [0.717, 1.165) is 25.5 Å². The number of anilines is 1. The summed E-state index contributed by atoms with van der Waals surface area (Å²) in [4.78, 5) is 32.6. The fraction of sp³-hybridized carbons (Fsp3) is 0.421. The van der Waals surface area contributed by atoms with Crippen molar-refractivity contribution in [3.05, 3.63) is 48.0 Å². The summed E-state index contributed by atoms with van der Waals surface area (Å²) in [5, 5.41) is 2.88. The minimum atomic E-state index is -0.362. The van der Waals surface area contributed by atoms with Crippen LogP contribution in [0.4, 0.5) is 10.5 Å². The van der Waals surface area contributed by atoms with Gasteiger partial charge in [-0.25, -0.2) is 14.6 Å². The molecule has 0 unspecified atom stereocenters. The Morgan fingerprint density at radius 1 is 1.15 bits per heavy atom. The summed E-state index contributed by atoms with van der Waals surface area (Å²) < 4.78 is 6.97. The maximum atomic E-state index is 12.5. The van der Waals surface area contributed by atoms with Gasteiger partial charge in [0.2, 0.25) is 0 Å². The molecule has 8 heteroatoms. The number of aromatic nitrogens is 2. The molecule has 2 aromatic rings. The van der Waals surface area contributed by atoms with Crippen molar-refractivity contribution in [2.45, 2.75) is 13.5 Å². The number of carbonyl (C=O) groups is 2. The predicted molar refractivity (Wildman–Crippen MR) is 101 cm³/mol. The van der Waals surface area contributed by atoms with Crippen LogP contribution in [0.15, 0.2) is 36.7 Å². The van der Waals surface area contributed by atoms with Gasteiger partial charge in [-0.05, 0) is 31.2 Å². The lowest BCUT2D eigenvalue weighted by atomic mass is 10.2. The molecule has 2 heterocycles. The molecular formula is C19H25N5O3. The van der Waals surface area contributed by atoms with E-state index in [-0.39, 0.29) is 12.0 Å². The molecule has 1 N–H and O–H groups in total. The van der Waals surface area contributed by atoms with Gasteiger partial charge in [-0.2, -0.15) is 0 Å². The Hall–Kier alpha value is -2.87. The van der Waals surface area contributed by atoms with E-state index >= 15 is 0 Å². The highest BCUT2D eigenvalue weighted by Gasteiger charge is 2.22. The van der Waals surface area contributed by atoms with E-state index in [1.54, 1.807) is 42.3 Å². The van der Waals surface area contributed by atoms with Crippen molar-refractivity contribution in [1.82, 2.24) is 19.4 Å². The van der Waals surface area contributed by atoms with Crippen molar-refractivity contribution in [2.24, 2.45) is 7.05 Å². The van der Waals surface area contributed by atoms with E-state index in [0.29, 0.717) is 30.9 Å². The first kappa shape index (κ1) is 18.9. The van der Waals surface area contributed by atoms with Crippen molar-refractivity contribution in [3.8, 4) is 0 Å². The van der Waals surface area contributed by atoms with Gasteiger partial charge < -0.3 is 19.5 Å². The fourth-order valence-electron chi connectivity index (χ4n) is 2.96.